The standard InChI is InChI=1S/C18H17N5O2S/c24-16(10-3-5-25-6-4-10)15-8-11-1-2-13(20-18(11)26-15)12-7-14-17(19-9-12)22-23-21-14/h1-2,7-10,16,24H,3-6H2,(H,19,21,22,23). The first-order chi connectivity index (χ1) is 12.8. The Morgan fingerprint density at radius 2 is 2.08 bits per heavy atom. The molecule has 1 atom stereocenters. The number of nitrogens with one attached hydrogen (secondary N) is 1. The lowest BCUT2D eigenvalue weighted by Crippen LogP contribution is -2.21. The van der Waals surface area contributed by atoms with Crippen molar-refractivity contribution >= 4 is 32.7 Å². The van der Waals surface area contributed by atoms with Crippen LogP contribution < -0.4 is 0 Å². The number of rotatable bonds is 3. The number of thiophene rings is 1. The van der Waals surface area contributed by atoms with E-state index in [9.17, 15) is 5.11 Å². The van der Waals surface area contributed by atoms with Crippen LogP contribution in [0.25, 0.3) is 32.6 Å². The molecule has 1 aliphatic heterocycles. The van der Waals surface area contributed by atoms with Gasteiger partial charge < -0.3 is 9.84 Å². The number of ether oxygens (including phenoxy) is 1. The number of hydrogen-bond acceptors (Lipinski definition) is 7. The summed E-state index contributed by atoms with van der Waals surface area (Å²) >= 11 is 1.56. The van der Waals surface area contributed by atoms with Crippen LogP contribution in [0, 0.1) is 5.92 Å². The fraction of sp³-hybridized carbons (Fsp3) is 0.333. The molecule has 5 heterocycles. The number of nitrogens with zero attached hydrogens (tertiary/aromatic N) is 4. The monoisotopic (exact) mass is 367 g/mol. The molecule has 2 N–H and O–H groups in total. The maximum absolute atomic E-state index is 10.7. The molecule has 0 saturated carbocycles. The van der Waals surface area contributed by atoms with E-state index in [2.05, 4.69) is 26.5 Å². The first kappa shape index (κ1) is 15.8. The Labute approximate surface area is 153 Å². The van der Waals surface area contributed by atoms with E-state index in [0.29, 0.717) is 11.2 Å². The number of aromatic nitrogens is 5. The van der Waals surface area contributed by atoms with Crippen LogP contribution in [0.5, 0.6) is 0 Å². The third-order valence-electron chi connectivity index (χ3n) is 4.88. The van der Waals surface area contributed by atoms with E-state index in [1.54, 1.807) is 17.5 Å². The number of aliphatic hydroxyl groups is 1. The van der Waals surface area contributed by atoms with Crippen molar-refractivity contribution in [2.24, 2.45) is 5.92 Å². The second kappa shape index (κ2) is 6.39. The molecule has 0 radical (unpaired) electrons. The SMILES string of the molecule is OC(c1cc2ccc(-c3cnc4n[nH]nc4c3)nc2s1)C1CCOCC1. The third kappa shape index (κ3) is 2.76. The Balaban J connectivity index is 1.49. The predicted octanol–water partition coefficient (Wildman–Crippen LogP) is 3.09. The van der Waals surface area contributed by atoms with Crippen molar-refractivity contribution in [3.05, 3.63) is 35.3 Å². The molecule has 1 aliphatic rings. The molecule has 4 aromatic heterocycles. The predicted molar refractivity (Wildman–Crippen MR) is 98.8 cm³/mol. The molecule has 26 heavy (non-hydrogen) atoms. The number of pyridine rings is 2. The molecule has 132 valence electrons. The van der Waals surface area contributed by atoms with E-state index in [1.165, 1.54) is 0 Å². The van der Waals surface area contributed by atoms with Gasteiger partial charge in [-0.05, 0) is 43.0 Å². The lowest BCUT2D eigenvalue weighted by Gasteiger charge is -2.25. The second-order valence-electron chi connectivity index (χ2n) is 6.52. The minimum absolute atomic E-state index is 0.259. The van der Waals surface area contributed by atoms with Gasteiger partial charge in [0.05, 0.1) is 11.8 Å². The maximum Gasteiger partial charge on any atom is 0.201 e. The van der Waals surface area contributed by atoms with E-state index >= 15 is 0 Å². The zero-order chi connectivity index (χ0) is 17.5. The second-order valence-corrected chi connectivity index (χ2v) is 7.59. The summed E-state index contributed by atoms with van der Waals surface area (Å²) in [7, 11) is 0. The van der Waals surface area contributed by atoms with Gasteiger partial charge >= 0.3 is 0 Å². The minimum atomic E-state index is -0.449. The van der Waals surface area contributed by atoms with Crippen molar-refractivity contribution in [1.29, 1.82) is 0 Å². The Bertz CT molecular complexity index is 1070. The van der Waals surface area contributed by atoms with Gasteiger partial charge in [0, 0.05) is 35.2 Å². The summed E-state index contributed by atoms with van der Waals surface area (Å²) < 4.78 is 5.40. The van der Waals surface area contributed by atoms with Gasteiger partial charge in [0.1, 0.15) is 10.3 Å². The molecular formula is C18H17N5O2S. The van der Waals surface area contributed by atoms with E-state index in [0.717, 1.165) is 52.4 Å². The van der Waals surface area contributed by atoms with Crippen molar-refractivity contribution < 1.29 is 9.84 Å². The van der Waals surface area contributed by atoms with Gasteiger partial charge in [0.2, 0.25) is 5.65 Å². The molecule has 7 nitrogen and oxygen atoms in total. The number of hydrogen-bond donors (Lipinski definition) is 2. The van der Waals surface area contributed by atoms with Crippen LogP contribution in [0.3, 0.4) is 0 Å². The van der Waals surface area contributed by atoms with Gasteiger partial charge in [-0.3, -0.25) is 0 Å². The van der Waals surface area contributed by atoms with Crippen molar-refractivity contribution in [2.75, 3.05) is 13.2 Å². The molecule has 0 aromatic carbocycles. The summed E-state index contributed by atoms with van der Waals surface area (Å²) in [6.07, 6.45) is 3.11. The highest BCUT2D eigenvalue weighted by atomic mass is 32.1. The Morgan fingerprint density at radius 1 is 1.19 bits per heavy atom. The summed E-state index contributed by atoms with van der Waals surface area (Å²) in [6.45, 7) is 1.46. The summed E-state index contributed by atoms with van der Waals surface area (Å²) in [6, 6.07) is 7.99. The van der Waals surface area contributed by atoms with Crippen molar-refractivity contribution in [2.45, 2.75) is 18.9 Å². The molecule has 1 unspecified atom stereocenters. The van der Waals surface area contributed by atoms with E-state index < -0.39 is 6.10 Å². The lowest BCUT2D eigenvalue weighted by atomic mass is 9.93. The van der Waals surface area contributed by atoms with Gasteiger partial charge in [-0.2, -0.15) is 10.3 Å². The first-order valence-corrected chi connectivity index (χ1v) is 9.43. The molecule has 0 aliphatic carbocycles. The van der Waals surface area contributed by atoms with Gasteiger partial charge in [0.15, 0.2) is 0 Å². The van der Waals surface area contributed by atoms with Crippen LogP contribution in [0.1, 0.15) is 23.8 Å². The van der Waals surface area contributed by atoms with Crippen LogP contribution in [0.15, 0.2) is 30.5 Å². The van der Waals surface area contributed by atoms with Gasteiger partial charge in [-0.15, -0.1) is 16.4 Å². The number of fused-ring (bicyclic) bond motifs is 2. The smallest absolute Gasteiger partial charge is 0.201 e. The highest BCUT2D eigenvalue weighted by Gasteiger charge is 2.25. The zero-order valence-corrected chi connectivity index (χ0v) is 14.7. The molecule has 1 saturated heterocycles. The van der Waals surface area contributed by atoms with E-state index in [1.807, 2.05) is 18.2 Å². The first-order valence-electron chi connectivity index (χ1n) is 8.61. The van der Waals surface area contributed by atoms with Crippen molar-refractivity contribution in [1.82, 2.24) is 25.4 Å². The highest BCUT2D eigenvalue weighted by Crippen LogP contribution is 2.37. The van der Waals surface area contributed by atoms with Crippen LogP contribution in [-0.2, 0) is 4.74 Å². The van der Waals surface area contributed by atoms with Crippen molar-refractivity contribution in [3.8, 4) is 11.3 Å². The maximum atomic E-state index is 10.7. The minimum Gasteiger partial charge on any atom is -0.387 e. The van der Waals surface area contributed by atoms with Crippen LogP contribution in [0.4, 0.5) is 0 Å². The fourth-order valence-corrected chi connectivity index (χ4v) is 4.50. The highest BCUT2D eigenvalue weighted by molar-refractivity contribution is 7.18. The molecule has 1 fully saturated rings. The summed E-state index contributed by atoms with van der Waals surface area (Å²) in [5.74, 6) is 0.259. The average molecular weight is 367 g/mol. The third-order valence-corrected chi connectivity index (χ3v) is 5.99. The molecule has 8 heteroatoms. The molecule has 5 rings (SSSR count). The average Bonchev–Trinajstić information content (AvgIpc) is 3.33. The largest absolute Gasteiger partial charge is 0.387 e. The molecular weight excluding hydrogens is 350 g/mol. The van der Waals surface area contributed by atoms with Gasteiger partial charge in [-0.1, -0.05) is 0 Å². The number of aromatic amines is 1. The summed E-state index contributed by atoms with van der Waals surface area (Å²) in [4.78, 5) is 11.0. The quantitative estimate of drug-likeness (QED) is 0.578. The van der Waals surface area contributed by atoms with Crippen LogP contribution in [-0.4, -0.2) is 43.7 Å². The Hall–Kier alpha value is -2.42. The number of H-pyrrole nitrogens is 1. The van der Waals surface area contributed by atoms with Crippen molar-refractivity contribution in [3.63, 3.8) is 0 Å². The Kier molecular flexibility index (Phi) is 3.88. The van der Waals surface area contributed by atoms with Crippen LogP contribution in [0.2, 0.25) is 0 Å². The van der Waals surface area contributed by atoms with Gasteiger partial charge in [-0.25, -0.2) is 9.97 Å². The molecule has 0 amide bonds. The fourth-order valence-electron chi connectivity index (χ4n) is 3.39. The number of aliphatic hydroxyl groups excluding tert-OH is 1. The molecule has 4 aromatic rings. The van der Waals surface area contributed by atoms with E-state index in [4.69, 9.17) is 9.72 Å². The van der Waals surface area contributed by atoms with Crippen LogP contribution >= 0.6 is 11.3 Å². The lowest BCUT2D eigenvalue weighted by molar-refractivity contribution is 0.00856. The topological polar surface area (TPSA) is 96.8 Å². The Morgan fingerprint density at radius 3 is 2.96 bits per heavy atom. The summed E-state index contributed by atoms with van der Waals surface area (Å²) in [5.41, 5.74) is 3.04. The van der Waals surface area contributed by atoms with E-state index in [-0.39, 0.29) is 5.92 Å². The van der Waals surface area contributed by atoms with Gasteiger partial charge in [0.25, 0.3) is 0 Å². The molecule has 0 bridgehead atoms. The zero-order valence-electron chi connectivity index (χ0n) is 13.9. The molecule has 0 spiro atoms. The normalized spacial score (nSPS) is 17.1. The summed E-state index contributed by atoms with van der Waals surface area (Å²) in [5, 5.41) is 22.4.